The highest BCUT2D eigenvalue weighted by atomic mass is 16.5. The molecule has 2 aromatic carbocycles. The Morgan fingerprint density at radius 2 is 1.77 bits per heavy atom. The van der Waals surface area contributed by atoms with Gasteiger partial charge in [-0.15, -0.1) is 0 Å². The van der Waals surface area contributed by atoms with E-state index >= 15 is 0 Å². The van der Waals surface area contributed by atoms with Crippen LogP contribution < -0.4 is 4.74 Å². The van der Waals surface area contributed by atoms with E-state index < -0.39 is 6.10 Å². The van der Waals surface area contributed by atoms with Crippen LogP contribution in [0.1, 0.15) is 23.7 Å². The van der Waals surface area contributed by atoms with Crippen molar-refractivity contribution in [1.29, 1.82) is 0 Å². The molecule has 0 spiro atoms. The maximum atomic E-state index is 10.7. The van der Waals surface area contributed by atoms with Crippen molar-refractivity contribution in [2.75, 3.05) is 33.4 Å². The second-order valence-electron chi connectivity index (χ2n) is 7.88. The average molecular weight is 411 g/mol. The Hall–Kier alpha value is -2.34. The Bertz CT molecular complexity index is 933. The molecule has 5 heteroatoms. The van der Waals surface area contributed by atoms with Gasteiger partial charge >= 0.3 is 0 Å². The Morgan fingerprint density at radius 1 is 1.03 bits per heavy atom. The van der Waals surface area contributed by atoms with Gasteiger partial charge in [-0.2, -0.15) is 0 Å². The van der Waals surface area contributed by atoms with Gasteiger partial charge in [0.25, 0.3) is 0 Å². The normalized spacial score (nSPS) is 12.6. The Kier molecular flexibility index (Phi) is 7.91. The molecule has 5 nitrogen and oxygen atoms in total. The van der Waals surface area contributed by atoms with Crippen LogP contribution in [0.2, 0.25) is 0 Å². The molecule has 1 atom stereocenters. The summed E-state index contributed by atoms with van der Waals surface area (Å²) in [4.78, 5) is 2.16. The molecule has 162 valence electrons. The SMILES string of the molecule is CCOCCOc1ccc(CN(C)CC(O)Cn2c(C)c(C)c3ccccc32)cc1. The third kappa shape index (κ3) is 5.63. The van der Waals surface area contributed by atoms with Crippen molar-refractivity contribution in [1.82, 2.24) is 9.47 Å². The fraction of sp³-hybridized carbons (Fsp3) is 0.440. The number of ether oxygens (including phenoxy) is 2. The van der Waals surface area contributed by atoms with Crippen LogP contribution in [0.3, 0.4) is 0 Å². The van der Waals surface area contributed by atoms with Crippen molar-refractivity contribution in [3.8, 4) is 5.75 Å². The molecule has 0 bridgehead atoms. The Balaban J connectivity index is 1.53. The average Bonchev–Trinajstić information content (AvgIpc) is 2.97. The van der Waals surface area contributed by atoms with Gasteiger partial charge in [0.2, 0.25) is 0 Å². The second-order valence-corrected chi connectivity index (χ2v) is 7.88. The predicted molar refractivity (Wildman–Crippen MR) is 122 cm³/mol. The minimum Gasteiger partial charge on any atom is -0.491 e. The molecule has 3 rings (SSSR count). The van der Waals surface area contributed by atoms with Gasteiger partial charge in [-0.25, -0.2) is 0 Å². The van der Waals surface area contributed by atoms with Crippen LogP contribution in [0, 0.1) is 13.8 Å². The highest BCUT2D eigenvalue weighted by Crippen LogP contribution is 2.25. The fourth-order valence-corrected chi connectivity index (χ4v) is 3.90. The first kappa shape index (κ1) is 22.3. The number of fused-ring (bicyclic) bond motifs is 1. The molecule has 1 N–H and O–H groups in total. The monoisotopic (exact) mass is 410 g/mol. The van der Waals surface area contributed by atoms with Crippen LogP contribution in [0.25, 0.3) is 10.9 Å². The van der Waals surface area contributed by atoms with E-state index in [0.717, 1.165) is 12.3 Å². The van der Waals surface area contributed by atoms with Crippen LogP contribution in [-0.2, 0) is 17.8 Å². The van der Waals surface area contributed by atoms with Gasteiger partial charge in [0, 0.05) is 36.3 Å². The third-order valence-corrected chi connectivity index (χ3v) is 5.54. The zero-order chi connectivity index (χ0) is 21.5. The zero-order valence-electron chi connectivity index (χ0n) is 18.6. The summed E-state index contributed by atoms with van der Waals surface area (Å²) in [6.07, 6.45) is -0.440. The molecule has 0 aliphatic rings. The van der Waals surface area contributed by atoms with Crippen LogP contribution in [0.15, 0.2) is 48.5 Å². The molecule has 1 heterocycles. The molecule has 0 aliphatic carbocycles. The van der Waals surface area contributed by atoms with Gasteiger partial charge in [-0.05, 0) is 57.1 Å². The number of rotatable bonds is 11. The van der Waals surface area contributed by atoms with Crippen molar-refractivity contribution >= 4 is 10.9 Å². The maximum absolute atomic E-state index is 10.7. The Labute approximate surface area is 179 Å². The van der Waals surface area contributed by atoms with E-state index in [0.29, 0.717) is 32.9 Å². The molecule has 0 radical (unpaired) electrons. The number of benzene rings is 2. The fourth-order valence-electron chi connectivity index (χ4n) is 3.90. The largest absolute Gasteiger partial charge is 0.491 e. The lowest BCUT2D eigenvalue weighted by atomic mass is 10.2. The number of likely N-dealkylation sites (N-methyl/N-ethyl adjacent to an activating group) is 1. The lowest BCUT2D eigenvalue weighted by molar-refractivity contribution is 0.107. The topological polar surface area (TPSA) is 46.9 Å². The summed E-state index contributed by atoms with van der Waals surface area (Å²) in [5, 5.41) is 12.0. The van der Waals surface area contributed by atoms with E-state index in [-0.39, 0.29) is 0 Å². The lowest BCUT2D eigenvalue weighted by Crippen LogP contribution is -2.32. The van der Waals surface area contributed by atoms with Crippen molar-refractivity contribution in [3.63, 3.8) is 0 Å². The zero-order valence-corrected chi connectivity index (χ0v) is 18.6. The number of hydrogen-bond donors (Lipinski definition) is 1. The van der Waals surface area contributed by atoms with E-state index in [1.807, 2.05) is 26.1 Å². The van der Waals surface area contributed by atoms with E-state index in [1.165, 1.54) is 27.7 Å². The lowest BCUT2D eigenvalue weighted by Gasteiger charge is -2.22. The summed E-state index contributed by atoms with van der Waals surface area (Å²) >= 11 is 0. The quantitative estimate of drug-likeness (QED) is 0.482. The second kappa shape index (κ2) is 10.6. The first-order chi connectivity index (χ1) is 14.5. The highest BCUT2D eigenvalue weighted by molar-refractivity contribution is 5.85. The number of aromatic nitrogens is 1. The molecular weight excluding hydrogens is 376 g/mol. The van der Waals surface area contributed by atoms with Crippen molar-refractivity contribution in [2.24, 2.45) is 0 Å². The number of aryl methyl sites for hydroxylation is 1. The van der Waals surface area contributed by atoms with Gasteiger partial charge in [0.15, 0.2) is 0 Å². The van der Waals surface area contributed by atoms with Crippen LogP contribution >= 0.6 is 0 Å². The van der Waals surface area contributed by atoms with Gasteiger partial charge < -0.3 is 19.1 Å². The number of nitrogens with zero attached hydrogens (tertiary/aromatic N) is 2. The molecule has 0 aliphatic heterocycles. The first-order valence-electron chi connectivity index (χ1n) is 10.7. The van der Waals surface area contributed by atoms with Gasteiger partial charge in [0.1, 0.15) is 12.4 Å². The minimum atomic E-state index is -0.440. The summed E-state index contributed by atoms with van der Waals surface area (Å²) in [7, 11) is 2.04. The molecular formula is C25H34N2O3. The molecule has 1 aromatic heterocycles. The molecule has 0 saturated heterocycles. The molecule has 0 amide bonds. The maximum Gasteiger partial charge on any atom is 0.119 e. The number of hydrogen-bond acceptors (Lipinski definition) is 4. The number of para-hydroxylation sites is 1. The third-order valence-electron chi connectivity index (χ3n) is 5.54. The summed E-state index contributed by atoms with van der Waals surface area (Å²) in [6, 6.07) is 16.5. The minimum absolute atomic E-state index is 0.440. The van der Waals surface area contributed by atoms with E-state index in [1.54, 1.807) is 0 Å². The van der Waals surface area contributed by atoms with Crippen molar-refractivity contribution in [3.05, 3.63) is 65.4 Å². The molecule has 0 saturated carbocycles. The van der Waals surface area contributed by atoms with E-state index in [9.17, 15) is 5.11 Å². The van der Waals surface area contributed by atoms with Crippen LogP contribution in [-0.4, -0.2) is 54.1 Å². The molecule has 30 heavy (non-hydrogen) atoms. The standard InChI is InChI=1S/C25H34N2O3/c1-5-29-14-15-30-23-12-10-21(11-13-23)16-26(4)17-22(28)18-27-20(3)19(2)24-8-6-7-9-25(24)27/h6-13,22,28H,5,14-18H2,1-4H3. The molecule has 1 unspecified atom stereocenters. The Morgan fingerprint density at radius 3 is 2.50 bits per heavy atom. The van der Waals surface area contributed by atoms with Gasteiger partial charge in [-0.3, -0.25) is 4.90 Å². The van der Waals surface area contributed by atoms with Crippen molar-refractivity contribution < 1.29 is 14.6 Å². The van der Waals surface area contributed by atoms with Crippen LogP contribution in [0.4, 0.5) is 0 Å². The number of aliphatic hydroxyl groups excluding tert-OH is 1. The summed E-state index contributed by atoms with van der Waals surface area (Å²) in [6.45, 7) is 10.1. The number of aliphatic hydroxyl groups is 1. The highest BCUT2D eigenvalue weighted by Gasteiger charge is 2.15. The summed E-state index contributed by atoms with van der Waals surface area (Å²) in [5.41, 5.74) is 4.89. The smallest absolute Gasteiger partial charge is 0.119 e. The van der Waals surface area contributed by atoms with Gasteiger partial charge in [0.05, 0.1) is 19.3 Å². The summed E-state index contributed by atoms with van der Waals surface area (Å²) in [5.74, 6) is 0.853. The first-order valence-corrected chi connectivity index (χ1v) is 10.7. The van der Waals surface area contributed by atoms with E-state index in [4.69, 9.17) is 9.47 Å². The van der Waals surface area contributed by atoms with Crippen molar-refractivity contribution in [2.45, 2.75) is 40.0 Å². The molecule has 3 aromatic rings. The molecule has 0 fully saturated rings. The van der Waals surface area contributed by atoms with E-state index in [2.05, 4.69) is 59.7 Å². The summed E-state index contributed by atoms with van der Waals surface area (Å²) < 4.78 is 13.2. The predicted octanol–water partition coefficient (Wildman–Crippen LogP) is 4.17. The van der Waals surface area contributed by atoms with Crippen LogP contribution in [0.5, 0.6) is 5.75 Å². The van der Waals surface area contributed by atoms with Gasteiger partial charge in [-0.1, -0.05) is 30.3 Å².